The molecular formula is C15H17BrN2O2S. The van der Waals surface area contributed by atoms with E-state index in [4.69, 9.17) is 5.73 Å². The Balaban J connectivity index is 2.54. The van der Waals surface area contributed by atoms with Gasteiger partial charge in [-0.1, -0.05) is 28.1 Å². The Labute approximate surface area is 133 Å². The average Bonchev–Trinajstić information content (AvgIpc) is 2.38. The molecule has 0 heterocycles. The third-order valence-electron chi connectivity index (χ3n) is 3.36. The summed E-state index contributed by atoms with van der Waals surface area (Å²) in [7, 11) is -3.69. The predicted octanol–water partition coefficient (Wildman–Crippen LogP) is 3.76. The molecule has 0 aliphatic rings. The molecular weight excluding hydrogens is 352 g/mol. The van der Waals surface area contributed by atoms with E-state index in [2.05, 4.69) is 20.7 Å². The molecule has 0 aliphatic carbocycles. The van der Waals surface area contributed by atoms with Gasteiger partial charge in [0.2, 0.25) is 0 Å². The number of hydrogen-bond donors (Lipinski definition) is 2. The van der Waals surface area contributed by atoms with Gasteiger partial charge in [0.1, 0.15) is 0 Å². The second kappa shape index (κ2) is 5.69. The highest BCUT2D eigenvalue weighted by atomic mass is 79.9. The molecule has 4 nitrogen and oxygen atoms in total. The number of rotatable bonds is 3. The van der Waals surface area contributed by atoms with Gasteiger partial charge in [-0.2, -0.15) is 0 Å². The standard InChI is InChI=1S/C15H17BrN2O2S/c1-9-4-6-12(16)8-14(9)18-21(19,20)15-10(2)5-7-13(17)11(15)3/h4-8,18H,17H2,1-3H3. The molecule has 0 saturated heterocycles. The molecule has 2 rings (SSSR count). The van der Waals surface area contributed by atoms with Crippen molar-refractivity contribution < 1.29 is 8.42 Å². The molecule has 0 atom stereocenters. The van der Waals surface area contributed by atoms with Crippen LogP contribution in [0.1, 0.15) is 16.7 Å². The van der Waals surface area contributed by atoms with Crippen LogP contribution in [-0.2, 0) is 10.0 Å². The number of nitrogens with one attached hydrogen (secondary N) is 1. The number of hydrogen-bond acceptors (Lipinski definition) is 3. The van der Waals surface area contributed by atoms with E-state index < -0.39 is 10.0 Å². The highest BCUT2D eigenvalue weighted by Crippen LogP contribution is 2.28. The van der Waals surface area contributed by atoms with E-state index in [-0.39, 0.29) is 4.90 Å². The number of benzene rings is 2. The average molecular weight is 369 g/mol. The zero-order chi connectivity index (χ0) is 15.8. The van der Waals surface area contributed by atoms with E-state index in [0.29, 0.717) is 22.5 Å². The van der Waals surface area contributed by atoms with Crippen LogP contribution >= 0.6 is 15.9 Å². The Bertz CT molecular complexity index is 802. The van der Waals surface area contributed by atoms with Crippen LogP contribution in [0.5, 0.6) is 0 Å². The Kier molecular flexibility index (Phi) is 4.30. The van der Waals surface area contributed by atoms with Crippen LogP contribution in [0, 0.1) is 20.8 Å². The molecule has 0 bridgehead atoms. The molecule has 0 spiro atoms. The second-order valence-electron chi connectivity index (χ2n) is 4.99. The van der Waals surface area contributed by atoms with Crippen LogP contribution in [-0.4, -0.2) is 8.42 Å². The van der Waals surface area contributed by atoms with E-state index in [9.17, 15) is 8.42 Å². The maximum atomic E-state index is 12.7. The number of nitrogens with two attached hydrogens (primary N) is 1. The van der Waals surface area contributed by atoms with Crippen molar-refractivity contribution in [2.45, 2.75) is 25.7 Å². The summed E-state index contributed by atoms with van der Waals surface area (Å²) in [5.74, 6) is 0. The van der Waals surface area contributed by atoms with Crippen LogP contribution < -0.4 is 10.5 Å². The molecule has 112 valence electrons. The SMILES string of the molecule is Cc1ccc(Br)cc1NS(=O)(=O)c1c(C)ccc(N)c1C. The first-order valence-corrected chi connectivity index (χ1v) is 8.64. The monoisotopic (exact) mass is 368 g/mol. The number of halogens is 1. The minimum atomic E-state index is -3.69. The number of nitrogen functional groups attached to an aromatic ring is 1. The lowest BCUT2D eigenvalue weighted by Crippen LogP contribution is -2.17. The maximum Gasteiger partial charge on any atom is 0.262 e. The lowest BCUT2D eigenvalue weighted by molar-refractivity contribution is 0.600. The van der Waals surface area contributed by atoms with Crippen LogP contribution in [0.25, 0.3) is 0 Å². The zero-order valence-corrected chi connectivity index (χ0v) is 14.5. The lowest BCUT2D eigenvalue weighted by Gasteiger charge is -2.15. The van der Waals surface area contributed by atoms with Gasteiger partial charge in [0.15, 0.2) is 0 Å². The molecule has 0 saturated carbocycles. The highest BCUT2D eigenvalue weighted by Gasteiger charge is 2.21. The van der Waals surface area contributed by atoms with Gasteiger partial charge in [-0.3, -0.25) is 4.72 Å². The number of sulfonamides is 1. The van der Waals surface area contributed by atoms with Gasteiger partial charge < -0.3 is 5.73 Å². The quantitative estimate of drug-likeness (QED) is 0.810. The molecule has 2 aromatic rings. The van der Waals surface area contributed by atoms with Gasteiger partial charge in [0, 0.05) is 10.2 Å². The Hall–Kier alpha value is -1.53. The summed E-state index contributed by atoms with van der Waals surface area (Å²) in [5.41, 5.74) is 8.93. The fourth-order valence-electron chi connectivity index (χ4n) is 2.16. The number of anilines is 2. The molecule has 6 heteroatoms. The van der Waals surface area contributed by atoms with E-state index in [1.807, 2.05) is 19.1 Å². The molecule has 0 aliphatic heterocycles. The first-order valence-electron chi connectivity index (χ1n) is 6.37. The van der Waals surface area contributed by atoms with E-state index in [1.165, 1.54) is 0 Å². The van der Waals surface area contributed by atoms with Crippen molar-refractivity contribution in [3.8, 4) is 0 Å². The second-order valence-corrected chi connectivity index (χ2v) is 7.53. The van der Waals surface area contributed by atoms with Crippen molar-refractivity contribution in [3.63, 3.8) is 0 Å². The zero-order valence-electron chi connectivity index (χ0n) is 12.1. The van der Waals surface area contributed by atoms with Gasteiger partial charge in [-0.05, 0) is 55.7 Å². The largest absolute Gasteiger partial charge is 0.398 e. The van der Waals surface area contributed by atoms with Gasteiger partial charge in [0.05, 0.1) is 10.6 Å². The number of aryl methyl sites for hydroxylation is 2. The smallest absolute Gasteiger partial charge is 0.262 e. The molecule has 0 amide bonds. The van der Waals surface area contributed by atoms with Gasteiger partial charge in [-0.15, -0.1) is 0 Å². The molecule has 3 N–H and O–H groups in total. The van der Waals surface area contributed by atoms with Crippen molar-refractivity contribution in [3.05, 3.63) is 51.5 Å². The highest BCUT2D eigenvalue weighted by molar-refractivity contribution is 9.10. The van der Waals surface area contributed by atoms with Crippen molar-refractivity contribution in [2.75, 3.05) is 10.5 Å². The Morgan fingerprint density at radius 1 is 1.05 bits per heavy atom. The molecule has 2 aromatic carbocycles. The summed E-state index contributed by atoms with van der Waals surface area (Å²) in [6.07, 6.45) is 0. The van der Waals surface area contributed by atoms with Crippen LogP contribution in [0.15, 0.2) is 39.7 Å². The molecule has 0 unspecified atom stereocenters. The van der Waals surface area contributed by atoms with Crippen LogP contribution in [0.4, 0.5) is 11.4 Å². The van der Waals surface area contributed by atoms with Crippen molar-refractivity contribution in [1.82, 2.24) is 0 Å². The van der Waals surface area contributed by atoms with Crippen LogP contribution in [0.2, 0.25) is 0 Å². The molecule has 0 fully saturated rings. The van der Waals surface area contributed by atoms with Crippen LogP contribution in [0.3, 0.4) is 0 Å². The third kappa shape index (κ3) is 3.22. The van der Waals surface area contributed by atoms with Gasteiger partial charge >= 0.3 is 0 Å². The van der Waals surface area contributed by atoms with E-state index in [1.54, 1.807) is 32.0 Å². The molecule has 21 heavy (non-hydrogen) atoms. The van der Waals surface area contributed by atoms with Crippen molar-refractivity contribution >= 4 is 37.3 Å². The fourth-order valence-corrected chi connectivity index (χ4v) is 4.14. The topological polar surface area (TPSA) is 72.2 Å². The Morgan fingerprint density at radius 2 is 1.67 bits per heavy atom. The predicted molar refractivity (Wildman–Crippen MR) is 90.0 cm³/mol. The summed E-state index contributed by atoms with van der Waals surface area (Å²) in [6.45, 7) is 5.32. The van der Waals surface area contributed by atoms with E-state index in [0.717, 1.165) is 10.0 Å². The van der Waals surface area contributed by atoms with Gasteiger partial charge in [0.25, 0.3) is 10.0 Å². The molecule has 0 aromatic heterocycles. The van der Waals surface area contributed by atoms with Gasteiger partial charge in [-0.25, -0.2) is 8.42 Å². The minimum absolute atomic E-state index is 0.238. The third-order valence-corrected chi connectivity index (χ3v) is 5.50. The normalized spacial score (nSPS) is 11.4. The van der Waals surface area contributed by atoms with Crippen molar-refractivity contribution in [1.29, 1.82) is 0 Å². The first kappa shape index (κ1) is 15.9. The summed E-state index contributed by atoms with van der Waals surface area (Å²) in [6, 6.07) is 8.88. The van der Waals surface area contributed by atoms with Crippen molar-refractivity contribution in [2.24, 2.45) is 0 Å². The lowest BCUT2D eigenvalue weighted by atomic mass is 10.1. The minimum Gasteiger partial charge on any atom is -0.398 e. The summed E-state index contributed by atoms with van der Waals surface area (Å²) >= 11 is 3.35. The Morgan fingerprint density at radius 3 is 2.33 bits per heavy atom. The summed E-state index contributed by atoms with van der Waals surface area (Å²) in [5, 5.41) is 0. The maximum absolute atomic E-state index is 12.7. The summed E-state index contributed by atoms with van der Waals surface area (Å²) < 4.78 is 28.8. The molecule has 0 radical (unpaired) electrons. The fraction of sp³-hybridized carbons (Fsp3) is 0.200. The summed E-state index contributed by atoms with van der Waals surface area (Å²) in [4.78, 5) is 0.238. The first-order chi connectivity index (χ1) is 9.72. The van der Waals surface area contributed by atoms with E-state index >= 15 is 0 Å².